The van der Waals surface area contributed by atoms with E-state index >= 15 is 0 Å². The van der Waals surface area contributed by atoms with Gasteiger partial charge in [-0.2, -0.15) is 0 Å². The third-order valence-electron chi connectivity index (χ3n) is 4.56. The van der Waals surface area contributed by atoms with Gasteiger partial charge in [-0.3, -0.25) is 0 Å². The van der Waals surface area contributed by atoms with Crippen LogP contribution in [0.25, 0.3) is 0 Å². The molecule has 1 atom stereocenters. The largest absolute Gasteiger partial charge is 0.495 e. The molecule has 1 aromatic carbocycles. The Labute approximate surface area is 115 Å². The van der Waals surface area contributed by atoms with Crippen molar-refractivity contribution in [3.05, 3.63) is 24.3 Å². The Balaban J connectivity index is 1.86. The van der Waals surface area contributed by atoms with Crippen molar-refractivity contribution in [3.8, 4) is 5.75 Å². The summed E-state index contributed by atoms with van der Waals surface area (Å²) < 4.78 is 5.52. The summed E-state index contributed by atoms with van der Waals surface area (Å²) in [5.74, 6) is 1.84. The van der Waals surface area contributed by atoms with E-state index in [2.05, 4.69) is 35.3 Å². The SMILES string of the molecule is COc1ccccc1N1CCCNC(C)(C2CC2)C1. The smallest absolute Gasteiger partial charge is 0.142 e. The molecule has 0 amide bonds. The Kier molecular flexibility index (Phi) is 3.40. The molecular weight excluding hydrogens is 236 g/mol. The Morgan fingerprint density at radius 3 is 2.84 bits per heavy atom. The summed E-state index contributed by atoms with van der Waals surface area (Å²) in [6.07, 6.45) is 3.95. The normalized spacial score (nSPS) is 28.0. The van der Waals surface area contributed by atoms with Crippen molar-refractivity contribution in [1.29, 1.82) is 0 Å². The third-order valence-corrected chi connectivity index (χ3v) is 4.56. The van der Waals surface area contributed by atoms with E-state index in [4.69, 9.17) is 4.74 Å². The Morgan fingerprint density at radius 2 is 2.11 bits per heavy atom. The first-order valence-corrected chi connectivity index (χ1v) is 7.36. The molecule has 3 heteroatoms. The van der Waals surface area contributed by atoms with Gasteiger partial charge >= 0.3 is 0 Å². The molecule has 3 nitrogen and oxygen atoms in total. The topological polar surface area (TPSA) is 24.5 Å². The summed E-state index contributed by atoms with van der Waals surface area (Å²) in [7, 11) is 1.76. The maximum Gasteiger partial charge on any atom is 0.142 e. The molecule has 2 aliphatic rings. The quantitative estimate of drug-likeness (QED) is 0.904. The first-order chi connectivity index (χ1) is 9.23. The third kappa shape index (κ3) is 2.57. The van der Waals surface area contributed by atoms with Gasteiger partial charge < -0.3 is 15.0 Å². The number of nitrogens with zero attached hydrogens (tertiary/aromatic N) is 1. The molecule has 2 fully saturated rings. The van der Waals surface area contributed by atoms with Crippen LogP contribution in [0.5, 0.6) is 5.75 Å². The molecule has 1 aliphatic heterocycles. The predicted octanol–water partition coefficient (Wildman–Crippen LogP) is 2.66. The summed E-state index contributed by atoms with van der Waals surface area (Å²) >= 11 is 0. The lowest BCUT2D eigenvalue weighted by atomic mass is 9.95. The maximum atomic E-state index is 5.52. The fraction of sp³-hybridized carbons (Fsp3) is 0.625. The maximum absolute atomic E-state index is 5.52. The van der Waals surface area contributed by atoms with Crippen molar-refractivity contribution in [2.75, 3.05) is 31.6 Å². The van der Waals surface area contributed by atoms with E-state index in [-0.39, 0.29) is 5.54 Å². The van der Waals surface area contributed by atoms with E-state index in [0.29, 0.717) is 0 Å². The van der Waals surface area contributed by atoms with Gasteiger partial charge in [0.1, 0.15) is 5.75 Å². The first kappa shape index (κ1) is 12.8. The number of anilines is 1. The van der Waals surface area contributed by atoms with Crippen LogP contribution in [0.15, 0.2) is 24.3 Å². The van der Waals surface area contributed by atoms with Gasteiger partial charge in [-0.1, -0.05) is 12.1 Å². The number of hydrogen-bond donors (Lipinski definition) is 1. The van der Waals surface area contributed by atoms with Gasteiger partial charge in [0.15, 0.2) is 0 Å². The Morgan fingerprint density at radius 1 is 1.32 bits per heavy atom. The molecule has 1 heterocycles. The summed E-state index contributed by atoms with van der Waals surface area (Å²) in [5, 5.41) is 3.77. The molecule has 3 rings (SSSR count). The second-order valence-corrected chi connectivity index (χ2v) is 6.07. The highest BCUT2D eigenvalue weighted by Gasteiger charge is 2.43. The highest BCUT2D eigenvalue weighted by Crippen LogP contribution is 2.41. The number of rotatable bonds is 3. The van der Waals surface area contributed by atoms with Crippen molar-refractivity contribution in [3.63, 3.8) is 0 Å². The van der Waals surface area contributed by atoms with Crippen LogP contribution in [-0.2, 0) is 0 Å². The van der Waals surface area contributed by atoms with Crippen LogP contribution < -0.4 is 15.0 Å². The van der Waals surface area contributed by atoms with E-state index in [1.54, 1.807) is 7.11 Å². The molecule has 19 heavy (non-hydrogen) atoms. The molecule has 0 radical (unpaired) electrons. The van der Waals surface area contributed by atoms with Gasteiger partial charge in [0.05, 0.1) is 12.8 Å². The number of benzene rings is 1. The lowest BCUT2D eigenvalue weighted by Gasteiger charge is -2.35. The van der Waals surface area contributed by atoms with Crippen LogP contribution in [0.1, 0.15) is 26.2 Å². The highest BCUT2D eigenvalue weighted by atomic mass is 16.5. The average molecular weight is 260 g/mol. The Bertz CT molecular complexity index is 444. The van der Waals surface area contributed by atoms with Gasteiger partial charge in [0.25, 0.3) is 0 Å². The summed E-state index contributed by atoms with van der Waals surface area (Å²) in [4.78, 5) is 2.50. The van der Waals surface area contributed by atoms with E-state index in [1.807, 2.05) is 6.07 Å². The monoisotopic (exact) mass is 260 g/mol. The first-order valence-electron chi connectivity index (χ1n) is 7.36. The lowest BCUT2D eigenvalue weighted by molar-refractivity contribution is 0.330. The van der Waals surface area contributed by atoms with Crippen LogP contribution in [0.2, 0.25) is 0 Å². The zero-order valence-corrected chi connectivity index (χ0v) is 12.0. The predicted molar refractivity (Wildman–Crippen MR) is 79.0 cm³/mol. The molecule has 0 bridgehead atoms. The second-order valence-electron chi connectivity index (χ2n) is 6.07. The van der Waals surface area contributed by atoms with E-state index < -0.39 is 0 Å². The zero-order chi connectivity index (χ0) is 13.3. The molecule has 104 valence electrons. The lowest BCUT2D eigenvalue weighted by Crippen LogP contribution is -2.51. The minimum absolute atomic E-state index is 0.261. The van der Waals surface area contributed by atoms with E-state index in [9.17, 15) is 0 Å². The number of methoxy groups -OCH3 is 1. The van der Waals surface area contributed by atoms with Gasteiger partial charge in [-0.15, -0.1) is 0 Å². The van der Waals surface area contributed by atoms with Gasteiger partial charge in [0, 0.05) is 18.6 Å². The van der Waals surface area contributed by atoms with Crippen LogP contribution in [-0.4, -0.2) is 32.3 Å². The molecule has 1 aromatic rings. The van der Waals surface area contributed by atoms with Crippen molar-refractivity contribution < 1.29 is 4.74 Å². The fourth-order valence-electron chi connectivity index (χ4n) is 3.27. The number of nitrogens with one attached hydrogen (secondary N) is 1. The minimum atomic E-state index is 0.261. The molecule has 1 unspecified atom stereocenters. The molecule has 0 aromatic heterocycles. The molecule has 1 aliphatic carbocycles. The van der Waals surface area contributed by atoms with Gasteiger partial charge in [-0.05, 0) is 50.8 Å². The van der Waals surface area contributed by atoms with Crippen molar-refractivity contribution in [1.82, 2.24) is 5.32 Å². The fourth-order valence-corrected chi connectivity index (χ4v) is 3.27. The van der Waals surface area contributed by atoms with Crippen LogP contribution >= 0.6 is 0 Å². The highest BCUT2D eigenvalue weighted by molar-refractivity contribution is 5.58. The van der Waals surface area contributed by atoms with E-state index in [1.165, 1.54) is 24.9 Å². The van der Waals surface area contributed by atoms with Gasteiger partial charge in [0.2, 0.25) is 0 Å². The molecule has 1 N–H and O–H groups in total. The number of ether oxygens (including phenoxy) is 1. The summed E-state index contributed by atoms with van der Waals surface area (Å²) in [5.41, 5.74) is 1.50. The zero-order valence-electron chi connectivity index (χ0n) is 12.0. The Hall–Kier alpha value is -1.22. The van der Waals surface area contributed by atoms with Crippen molar-refractivity contribution >= 4 is 5.69 Å². The van der Waals surface area contributed by atoms with Gasteiger partial charge in [-0.25, -0.2) is 0 Å². The standard InChI is InChI=1S/C16H24N2O/c1-16(13-8-9-13)12-18(11-5-10-17-16)14-6-3-4-7-15(14)19-2/h3-4,6-7,13,17H,5,8-12H2,1-2H3. The second kappa shape index (κ2) is 5.04. The van der Waals surface area contributed by atoms with Crippen LogP contribution in [0.4, 0.5) is 5.69 Å². The van der Waals surface area contributed by atoms with Crippen LogP contribution in [0, 0.1) is 5.92 Å². The molecular formula is C16H24N2O. The van der Waals surface area contributed by atoms with Crippen LogP contribution in [0.3, 0.4) is 0 Å². The molecule has 1 saturated heterocycles. The van der Waals surface area contributed by atoms with E-state index in [0.717, 1.165) is 31.3 Å². The average Bonchev–Trinajstić information content (AvgIpc) is 3.26. The van der Waals surface area contributed by atoms with Crippen molar-refractivity contribution in [2.24, 2.45) is 5.92 Å². The van der Waals surface area contributed by atoms with Crippen molar-refractivity contribution in [2.45, 2.75) is 31.7 Å². The molecule has 1 saturated carbocycles. The number of para-hydroxylation sites is 2. The minimum Gasteiger partial charge on any atom is -0.495 e. The number of hydrogen-bond acceptors (Lipinski definition) is 3. The summed E-state index contributed by atoms with van der Waals surface area (Å²) in [6.45, 7) is 5.70. The molecule has 0 spiro atoms. The summed E-state index contributed by atoms with van der Waals surface area (Å²) in [6, 6.07) is 8.38.